The highest BCUT2D eigenvalue weighted by molar-refractivity contribution is 5.94. The van der Waals surface area contributed by atoms with Crippen molar-refractivity contribution < 1.29 is 4.79 Å². The number of pyridine rings is 1. The van der Waals surface area contributed by atoms with Gasteiger partial charge in [-0.2, -0.15) is 0 Å². The first kappa shape index (κ1) is 14.1. The summed E-state index contributed by atoms with van der Waals surface area (Å²) in [6.07, 6.45) is 0. The van der Waals surface area contributed by atoms with Crippen LogP contribution in [0.3, 0.4) is 0 Å². The van der Waals surface area contributed by atoms with Gasteiger partial charge in [0.05, 0.1) is 23.4 Å². The molecule has 1 heterocycles. The van der Waals surface area contributed by atoms with Gasteiger partial charge in [-0.15, -0.1) is 0 Å². The fourth-order valence-electron chi connectivity index (χ4n) is 2.29. The van der Waals surface area contributed by atoms with Crippen LogP contribution in [-0.2, 0) is 4.79 Å². The van der Waals surface area contributed by atoms with Gasteiger partial charge in [-0.25, -0.2) is 0 Å². The molecule has 4 heteroatoms. The number of rotatable bonds is 4. The molecule has 0 aliphatic carbocycles. The zero-order valence-electron chi connectivity index (χ0n) is 12.3. The minimum absolute atomic E-state index is 0.0845. The molecule has 0 aliphatic heterocycles. The van der Waals surface area contributed by atoms with Gasteiger partial charge in [0.25, 0.3) is 0 Å². The molecule has 0 saturated carbocycles. The highest BCUT2D eigenvalue weighted by atomic mass is 16.1. The fraction of sp³-hybridized carbons (Fsp3) is 0.111. The number of carbonyl (C=O) groups is 1. The quantitative estimate of drug-likeness (QED) is 0.772. The Hall–Kier alpha value is -2.88. The Balaban J connectivity index is 1.68. The summed E-state index contributed by atoms with van der Waals surface area (Å²) in [4.78, 5) is 16.5. The predicted octanol–water partition coefficient (Wildman–Crippen LogP) is 3.59. The van der Waals surface area contributed by atoms with Crippen LogP contribution in [0.25, 0.3) is 10.9 Å². The van der Waals surface area contributed by atoms with Crippen LogP contribution >= 0.6 is 0 Å². The van der Waals surface area contributed by atoms with E-state index in [4.69, 9.17) is 0 Å². The number of aryl methyl sites for hydroxylation is 1. The van der Waals surface area contributed by atoms with Gasteiger partial charge >= 0.3 is 0 Å². The van der Waals surface area contributed by atoms with Gasteiger partial charge in [0.2, 0.25) is 5.91 Å². The molecule has 22 heavy (non-hydrogen) atoms. The number of nitrogens with zero attached hydrogens (tertiary/aromatic N) is 1. The lowest BCUT2D eigenvalue weighted by Crippen LogP contribution is -2.22. The van der Waals surface area contributed by atoms with Crippen LogP contribution in [0.2, 0.25) is 0 Å². The number of nitrogens with one attached hydrogen (secondary N) is 2. The minimum Gasteiger partial charge on any atom is -0.375 e. The summed E-state index contributed by atoms with van der Waals surface area (Å²) >= 11 is 0. The number of fused-ring (bicyclic) bond motifs is 1. The summed E-state index contributed by atoms with van der Waals surface area (Å²) in [7, 11) is 0. The molecule has 1 aromatic heterocycles. The number of benzene rings is 2. The molecule has 3 aromatic rings. The normalized spacial score (nSPS) is 10.4. The number of hydrogen-bond acceptors (Lipinski definition) is 3. The van der Waals surface area contributed by atoms with Crippen molar-refractivity contribution in [2.24, 2.45) is 0 Å². The van der Waals surface area contributed by atoms with Gasteiger partial charge in [-0.3, -0.25) is 9.78 Å². The number of hydrogen-bond donors (Lipinski definition) is 2. The molecule has 4 nitrogen and oxygen atoms in total. The third-order valence-corrected chi connectivity index (χ3v) is 3.41. The molecule has 0 bridgehead atoms. The zero-order chi connectivity index (χ0) is 15.4. The maximum atomic E-state index is 12.0. The van der Waals surface area contributed by atoms with Crippen molar-refractivity contribution in [1.29, 1.82) is 0 Å². The van der Waals surface area contributed by atoms with Crippen molar-refractivity contribution in [2.75, 3.05) is 17.2 Å². The van der Waals surface area contributed by atoms with E-state index in [2.05, 4.69) is 15.6 Å². The summed E-state index contributed by atoms with van der Waals surface area (Å²) in [6.45, 7) is 2.14. The van der Waals surface area contributed by atoms with Gasteiger partial charge < -0.3 is 10.6 Å². The monoisotopic (exact) mass is 291 g/mol. The summed E-state index contributed by atoms with van der Waals surface area (Å²) in [6, 6.07) is 19.4. The second-order valence-corrected chi connectivity index (χ2v) is 5.08. The number of carbonyl (C=O) groups excluding carboxylic acids is 1. The smallest absolute Gasteiger partial charge is 0.243 e. The highest BCUT2D eigenvalue weighted by Gasteiger charge is 2.06. The maximum absolute atomic E-state index is 12.0. The van der Waals surface area contributed by atoms with Crippen molar-refractivity contribution in [3.05, 3.63) is 66.4 Å². The third kappa shape index (κ3) is 3.23. The summed E-state index contributed by atoms with van der Waals surface area (Å²) in [5.41, 5.74) is 3.51. The van der Waals surface area contributed by atoms with Gasteiger partial charge in [0.1, 0.15) is 0 Å². The highest BCUT2D eigenvalue weighted by Crippen LogP contribution is 2.20. The molecular formula is C18H17N3O. The first-order valence-corrected chi connectivity index (χ1v) is 7.17. The molecule has 1 amide bonds. The molecule has 0 unspecified atom stereocenters. The third-order valence-electron chi connectivity index (χ3n) is 3.41. The van der Waals surface area contributed by atoms with Crippen molar-refractivity contribution in [3.63, 3.8) is 0 Å². The van der Waals surface area contributed by atoms with Gasteiger partial charge in [-0.05, 0) is 31.2 Å². The van der Waals surface area contributed by atoms with E-state index in [9.17, 15) is 4.79 Å². The lowest BCUT2D eigenvalue weighted by atomic mass is 10.2. The molecule has 0 saturated heterocycles. The average molecular weight is 291 g/mol. The second-order valence-electron chi connectivity index (χ2n) is 5.08. The Morgan fingerprint density at radius 2 is 1.77 bits per heavy atom. The van der Waals surface area contributed by atoms with Gasteiger partial charge in [0, 0.05) is 11.1 Å². The minimum atomic E-state index is -0.0845. The number of para-hydroxylation sites is 2. The Morgan fingerprint density at radius 1 is 1.05 bits per heavy atom. The number of anilines is 2. The Morgan fingerprint density at radius 3 is 2.59 bits per heavy atom. The van der Waals surface area contributed by atoms with E-state index in [0.717, 1.165) is 28.0 Å². The van der Waals surface area contributed by atoms with Crippen molar-refractivity contribution in [1.82, 2.24) is 4.98 Å². The number of aromatic nitrogens is 1. The molecule has 0 atom stereocenters. The topological polar surface area (TPSA) is 54.0 Å². The molecule has 0 aliphatic rings. The van der Waals surface area contributed by atoms with Crippen LogP contribution in [0, 0.1) is 6.92 Å². The standard InChI is InChI=1S/C18H17N3O/c1-13-17(11-14-7-5-6-10-16(14)20-13)19-12-18(22)21-15-8-3-2-4-9-15/h2-11,19H,12H2,1H3,(H,21,22). The zero-order valence-corrected chi connectivity index (χ0v) is 12.3. The molecule has 0 fully saturated rings. The van der Waals surface area contributed by atoms with E-state index < -0.39 is 0 Å². The molecule has 110 valence electrons. The average Bonchev–Trinajstić information content (AvgIpc) is 2.54. The molecule has 0 spiro atoms. The predicted molar refractivity (Wildman–Crippen MR) is 90.0 cm³/mol. The van der Waals surface area contributed by atoms with Crippen LogP contribution in [0.1, 0.15) is 5.69 Å². The van der Waals surface area contributed by atoms with E-state index in [1.54, 1.807) is 0 Å². The Kier molecular flexibility index (Phi) is 4.01. The molecular weight excluding hydrogens is 274 g/mol. The molecule has 3 rings (SSSR count). The van der Waals surface area contributed by atoms with E-state index >= 15 is 0 Å². The Bertz CT molecular complexity index is 800. The largest absolute Gasteiger partial charge is 0.375 e. The van der Waals surface area contributed by atoms with Crippen molar-refractivity contribution >= 4 is 28.2 Å². The summed E-state index contributed by atoms with van der Waals surface area (Å²) < 4.78 is 0. The molecule has 0 radical (unpaired) electrons. The maximum Gasteiger partial charge on any atom is 0.243 e. The van der Waals surface area contributed by atoms with Crippen LogP contribution in [-0.4, -0.2) is 17.4 Å². The molecule has 2 N–H and O–H groups in total. The molecule has 2 aromatic carbocycles. The van der Waals surface area contributed by atoms with Gasteiger partial charge in [-0.1, -0.05) is 36.4 Å². The van der Waals surface area contributed by atoms with Crippen molar-refractivity contribution in [3.8, 4) is 0 Å². The van der Waals surface area contributed by atoms with E-state index in [-0.39, 0.29) is 12.5 Å². The van der Waals surface area contributed by atoms with E-state index in [1.165, 1.54) is 0 Å². The van der Waals surface area contributed by atoms with E-state index in [1.807, 2.05) is 67.6 Å². The second kappa shape index (κ2) is 6.26. The summed E-state index contributed by atoms with van der Waals surface area (Å²) in [5.74, 6) is -0.0845. The van der Waals surface area contributed by atoms with Crippen LogP contribution in [0.5, 0.6) is 0 Å². The van der Waals surface area contributed by atoms with Gasteiger partial charge in [0.15, 0.2) is 0 Å². The van der Waals surface area contributed by atoms with Crippen LogP contribution in [0.4, 0.5) is 11.4 Å². The lowest BCUT2D eigenvalue weighted by molar-refractivity contribution is -0.114. The van der Waals surface area contributed by atoms with E-state index in [0.29, 0.717) is 0 Å². The summed E-state index contributed by atoms with van der Waals surface area (Å²) in [5, 5.41) is 7.05. The first-order chi connectivity index (χ1) is 10.7. The lowest BCUT2D eigenvalue weighted by Gasteiger charge is -2.11. The van der Waals surface area contributed by atoms with Crippen LogP contribution < -0.4 is 10.6 Å². The first-order valence-electron chi connectivity index (χ1n) is 7.17. The van der Waals surface area contributed by atoms with Crippen LogP contribution in [0.15, 0.2) is 60.7 Å². The van der Waals surface area contributed by atoms with Crippen molar-refractivity contribution in [2.45, 2.75) is 6.92 Å². The number of amides is 1. The SMILES string of the molecule is Cc1nc2ccccc2cc1NCC(=O)Nc1ccccc1. The fourth-order valence-corrected chi connectivity index (χ4v) is 2.29. The Labute approximate surface area is 129 Å².